The Balaban J connectivity index is 1.57. The van der Waals surface area contributed by atoms with Crippen LogP contribution in [0.15, 0.2) is 83.8 Å². The lowest BCUT2D eigenvalue weighted by Gasteiger charge is -2.28. The van der Waals surface area contributed by atoms with Crippen molar-refractivity contribution in [2.75, 3.05) is 13.1 Å². The molecule has 1 saturated heterocycles. The van der Waals surface area contributed by atoms with Crippen LogP contribution in [0.1, 0.15) is 16.7 Å². The summed E-state index contributed by atoms with van der Waals surface area (Å²) in [7, 11) is -4.24. The number of hydrogen-bond acceptors (Lipinski definition) is 6. The zero-order valence-corrected chi connectivity index (χ0v) is 20.7. The molecule has 0 aromatic heterocycles. The molecule has 2 amide bonds. The number of halogens is 1. The van der Waals surface area contributed by atoms with Crippen molar-refractivity contribution >= 4 is 22.0 Å². The number of benzene rings is 3. The molecule has 3 N–H and O–H groups in total. The summed E-state index contributed by atoms with van der Waals surface area (Å²) >= 11 is 0. The van der Waals surface area contributed by atoms with Crippen molar-refractivity contribution in [1.82, 2.24) is 14.5 Å². The topological polar surface area (TPSA) is 122 Å². The minimum atomic E-state index is -4.24. The average Bonchev–Trinajstić information content (AvgIpc) is 3.38. The van der Waals surface area contributed by atoms with Gasteiger partial charge in [-0.3, -0.25) is 9.69 Å². The van der Waals surface area contributed by atoms with Crippen LogP contribution >= 0.6 is 0 Å². The Labute approximate surface area is 214 Å². The Bertz CT molecular complexity index is 1350. The summed E-state index contributed by atoms with van der Waals surface area (Å²) in [5.41, 5.74) is 8.07. The van der Waals surface area contributed by atoms with Crippen LogP contribution in [0, 0.1) is 5.82 Å². The first-order valence-electron chi connectivity index (χ1n) is 11.6. The molecular formula is C26H27FN4O5S. The Morgan fingerprint density at radius 2 is 1.62 bits per heavy atom. The fourth-order valence-electron chi connectivity index (χ4n) is 4.01. The Hall–Kier alpha value is -3.80. The van der Waals surface area contributed by atoms with Crippen molar-refractivity contribution in [2.24, 2.45) is 5.73 Å². The molecule has 194 valence electrons. The lowest BCUT2D eigenvalue weighted by molar-refractivity contribution is -0.127. The minimum absolute atomic E-state index is 0.0406. The molecule has 1 aliphatic heterocycles. The van der Waals surface area contributed by atoms with Crippen LogP contribution in [0.4, 0.5) is 9.18 Å². The Kier molecular flexibility index (Phi) is 8.17. The van der Waals surface area contributed by atoms with E-state index in [-0.39, 0.29) is 31.1 Å². The molecular weight excluding hydrogens is 499 g/mol. The number of amides is 2. The van der Waals surface area contributed by atoms with Gasteiger partial charge in [-0.25, -0.2) is 17.6 Å². The van der Waals surface area contributed by atoms with Crippen molar-refractivity contribution in [1.29, 1.82) is 0 Å². The van der Waals surface area contributed by atoms with Crippen molar-refractivity contribution in [3.63, 3.8) is 0 Å². The molecule has 0 aliphatic carbocycles. The summed E-state index contributed by atoms with van der Waals surface area (Å²) in [6.07, 6.45) is -2.32. The van der Waals surface area contributed by atoms with Gasteiger partial charge in [0, 0.05) is 26.2 Å². The van der Waals surface area contributed by atoms with Gasteiger partial charge in [0.2, 0.25) is 10.0 Å². The zero-order valence-electron chi connectivity index (χ0n) is 19.9. The summed E-state index contributed by atoms with van der Waals surface area (Å²) in [5.74, 6) is -1.29. The van der Waals surface area contributed by atoms with Crippen molar-refractivity contribution in [3.05, 3.63) is 101 Å². The zero-order chi connectivity index (χ0) is 26.4. The highest BCUT2D eigenvalue weighted by atomic mass is 32.2. The lowest BCUT2D eigenvalue weighted by Crippen LogP contribution is -2.53. The normalized spacial score (nSPS) is 15.9. The first-order chi connectivity index (χ1) is 17.8. The molecule has 1 unspecified atom stereocenters. The third-order valence-corrected chi connectivity index (χ3v) is 7.79. The van der Waals surface area contributed by atoms with E-state index in [1.54, 1.807) is 36.4 Å². The van der Waals surface area contributed by atoms with Gasteiger partial charge in [-0.2, -0.15) is 4.31 Å². The van der Waals surface area contributed by atoms with Crippen LogP contribution in [0.5, 0.6) is 0 Å². The van der Waals surface area contributed by atoms with E-state index in [1.807, 2.05) is 18.2 Å². The maximum atomic E-state index is 13.4. The monoisotopic (exact) mass is 526 g/mol. The summed E-state index contributed by atoms with van der Waals surface area (Å²) in [6.45, 7) is 0.187. The smallest absolute Gasteiger partial charge is 0.411 e. The summed E-state index contributed by atoms with van der Waals surface area (Å²) in [4.78, 5) is 27.2. The van der Waals surface area contributed by atoms with Gasteiger partial charge in [0.25, 0.3) is 5.91 Å². The number of ether oxygens (including phenoxy) is 1. The SMILES string of the molecule is NCc1cccc(CNC(=O)C2N(C(=O)OCc3ccccc3)CCN2S(=O)(=O)c2ccc(F)cc2)c1. The fourth-order valence-corrected chi connectivity index (χ4v) is 5.56. The number of carbonyl (C=O) groups excluding carboxylic acids is 2. The molecule has 1 aliphatic rings. The van der Waals surface area contributed by atoms with E-state index in [1.165, 1.54) is 0 Å². The summed E-state index contributed by atoms with van der Waals surface area (Å²) < 4.78 is 46.5. The van der Waals surface area contributed by atoms with E-state index in [2.05, 4.69) is 5.32 Å². The van der Waals surface area contributed by atoms with Crippen LogP contribution in [0.3, 0.4) is 0 Å². The van der Waals surface area contributed by atoms with Gasteiger partial charge in [-0.15, -0.1) is 0 Å². The Morgan fingerprint density at radius 1 is 0.946 bits per heavy atom. The highest BCUT2D eigenvalue weighted by Crippen LogP contribution is 2.26. The second-order valence-electron chi connectivity index (χ2n) is 8.42. The highest BCUT2D eigenvalue weighted by molar-refractivity contribution is 7.89. The molecule has 3 aromatic carbocycles. The van der Waals surface area contributed by atoms with Crippen LogP contribution in [0.25, 0.3) is 0 Å². The average molecular weight is 527 g/mol. The van der Waals surface area contributed by atoms with Gasteiger partial charge in [0.15, 0.2) is 6.17 Å². The third-order valence-electron chi connectivity index (χ3n) is 5.92. The minimum Gasteiger partial charge on any atom is -0.444 e. The molecule has 9 nitrogen and oxygen atoms in total. The van der Waals surface area contributed by atoms with Crippen molar-refractivity contribution < 1.29 is 27.1 Å². The van der Waals surface area contributed by atoms with Gasteiger partial charge in [0.05, 0.1) is 4.90 Å². The van der Waals surface area contributed by atoms with Crippen molar-refractivity contribution in [2.45, 2.75) is 30.8 Å². The number of hydrogen-bond donors (Lipinski definition) is 2. The second-order valence-corrected chi connectivity index (χ2v) is 10.3. The van der Waals surface area contributed by atoms with Gasteiger partial charge in [-0.05, 0) is 41.0 Å². The van der Waals surface area contributed by atoms with Crippen LogP contribution < -0.4 is 11.1 Å². The van der Waals surface area contributed by atoms with E-state index in [0.29, 0.717) is 6.54 Å². The molecule has 4 rings (SSSR count). The van der Waals surface area contributed by atoms with Gasteiger partial charge >= 0.3 is 6.09 Å². The summed E-state index contributed by atoms with van der Waals surface area (Å²) in [5, 5.41) is 2.72. The molecule has 1 heterocycles. The molecule has 3 aromatic rings. The first-order valence-corrected chi connectivity index (χ1v) is 13.0. The quantitative estimate of drug-likeness (QED) is 0.465. The van der Waals surface area contributed by atoms with E-state index in [9.17, 15) is 22.4 Å². The highest BCUT2D eigenvalue weighted by Gasteiger charge is 2.47. The van der Waals surface area contributed by atoms with Crippen LogP contribution in [-0.4, -0.2) is 48.9 Å². The maximum absolute atomic E-state index is 13.4. The van der Waals surface area contributed by atoms with Gasteiger partial charge in [-0.1, -0.05) is 54.6 Å². The van der Waals surface area contributed by atoms with Crippen LogP contribution in [0.2, 0.25) is 0 Å². The van der Waals surface area contributed by atoms with E-state index >= 15 is 0 Å². The number of nitrogens with two attached hydrogens (primary N) is 1. The van der Waals surface area contributed by atoms with E-state index in [0.717, 1.165) is 50.2 Å². The van der Waals surface area contributed by atoms with E-state index < -0.39 is 34.0 Å². The van der Waals surface area contributed by atoms with Crippen LogP contribution in [-0.2, 0) is 39.3 Å². The molecule has 37 heavy (non-hydrogen) atoms. The second kappa shape index (κ2) is 11.5. The molecule has 0 bridgehead atoms. The first kappa shape index (κ1) is 26.3. The molecule has 0 saturated carbocycles. The largest absolute Gasteiger partial charge is 0.444 e. The lowest BCUT2D eigenvalue weighted by atomic mass is 10.1. The third kappa shape index (κ3) is 6.13. The molecule has 1 fully saturated rings. The standard InChI is InChI=1S/C26H27FN4O5S/c27-22-9-11-23(12-10-22)37(34,35)31-14-13-30(26(33)36-18-19-5-2-1-3-6-19)25(31)24(32)29-17-21-8-4-7-20(15-21)16-28/h1-12,15,25H,13-14,16-18,28H2,(H,29,32). The predicted octanol–water partition coefficient (Wildman–Crippen LogP) is 2.57. The number of rotatable bonds is 8. The van der Waals surface area contributed by atoms with Crippen molar-refractivity contribution in [3.8, 4) is 0 Å². The summed E-state index contributed by atoms with van der Waals surface area (Å²) in [6, 6.07) is 20.5. The molecule has 1 atom stereocenters. The maximum Gasteiger partial charge on any atom is 0.411 e. The van der Waals surface area contributed by atoms with Gasteiger partial charge < -0.3 is 15.8 Å². The number of nitrogens with one attached hydrogen (secondary N) is 1. The molecule has 0 radical (unpaired) electrons. The van der Waals surface area contributed by atoms with E-state index in [4.69, 9.17) is 10.5 Å². The fraction of sp³-hybridized carbons (Fsp3) is 0.231. The van der Waals surface area contributed by atoms with Gasteiger partial charge in [0.1, 0.15) is 12.4 Å². The number of sulfonamides is 1. The molecule has 0 spiro atoms. The number of nitrogens with zero attached hydrogens (tertiary/aromatic N) is 2. The molecule has 11 heteroatoms. The Morgan fingerprint density at radius 3 is 2.32 bits per heavy atom. The number of carbonyl (C=O) groups is 2. The predicted molar refractivity (Wildman–Crippen MR) is 134 cm³/mol.